The molecule has 1 aromatic heterocycles. The normalized spacial score (nSPS) is 14.7. The molecule has 0 saturated heterocycles. The molecule has 6 aromatic carbocycles. The molecule has 0 N–H and O–H groups in total. The highest BCUT2D eigenvalue weighted by Crippen LogP contribution is 2.54. The van der Waals surface area contributed by atoms with Crippen molar-refractivity contribution < 1.29 is 0 Å². The molecule has 1 aliphatic rings. The van der Waals surface area contributed by atoms with Gasteiger partial charge in [-0.2, -0.15) is 0 Å². The fourth-order valence-electron chi connectivity index (χ4n) is 8.58. The lowest BCUT2D eigenvalue weighted by Crippen LogP contribution is -2.15. The molecule has 0 spiro atoms. The number of allylic oxidation sites excluding steroid dienone is 8. The third-order valence-corrected chi connectivity index (χ3v) is 13.0. The first-order valence-electron chi connectivity index (χ1n) is 19.8. The Morgan fingerprint density at radius 1 is 0.667 bits per heavy atom. The standard InChI is InChI=1S/C56H48S/c1-9-40(30-29-36(3)43-22-13-11-12-14-24-45(47-26-18-17-25-46(43)47)38(5)44-23-16-15-21-41(44)10-2)37(4)35-51-39(6)56(7,8)54-49(51)33-31-42-32-34-50-48-27-19-20-28-52(48)57-55(50)53(42)54/h10-35H,2,4-6,9H2,1,3,7-8H3/b12-11?,13-11?,14-12?,22-13?,24-14?,36-29+,40-30+,43-22?,45-24?,46-43?,47-45?,51-35+. The molecule has 0 atom stereocenters. The second-order valence-corrected chi connectivity index (χ2v) is 16.5. The quantitative estimate of drug-likeness (QED) is 0.136. The third-order valence-electron chi connectivity index (χ3n) is 11.8. The van der Waals surface area contributed by atoms with Gasteiger partial charge in [-0.1, -0.05) is 193 Å². The van der Waals surface area contributed by atoms with Gasteiger partial charge in [-0.3, -0.25) is 0 Å². The van der Waals surface area contributed by atoms with Crippen molar-refractivity contribution in [2.24, 2.45) is 0 Å². The van der Waals surface area contributed by atoms with Gasteiger partial charge in [-0.05, 0) is 108 Å². The summed E-state index contributed by atoms with van der Waals surface area (Å²) in [6.07, 6.45) is 9.53. The summed E-state index contributed by atoms with van der Waals surface area (Å²) in [5.41, 5.74) is 13.4. The topological polar surface area (TPSA) is 0 Å². The first-order valence-corrected chi connectivity index (χ1v) is 20.6. The third kappa shape index (κ3) is 6.63. The Bertz CT molecular complexity index is 2980. The molecule has 0 bridgehead atoms. The predicted molar refractivity (Wildman–Crippen MR) is 254 cm³/mol. The average molecular weight is 753 g/mol. The lowest BCUT2D eigenvalue weighted by molar-refractivity contribution is 0.669. The molecule has 57 heavy (non-hydrogen) atoms. The molecule has 1 aliphatic carbocycles. The van der Waals surface area contributed by atoms with Gasteiger partial charge in [-0.15, -0.1) is 11.3 Å². The van der Waals surface area contributed by atoms with Gasteiger partial charge in [0.25, 0.3) is 0 Å². The highest BCUT2D eigenvalue weighted by Gasteiger charge is 2.39. The van der Waals surface area contributed by atoms with Crippen LogP contribution in [0.3, 0.4) is 0 Å². The molecule has 7 aromatic rings. The minimum atomic E-state index is -0.233. The fraction of sp³-hybridized carbons (Fsp3) is 0.107. The van der Waals surface area contributed by atoms with Gasteiger partial charge in [-0.25, -0.2) is 0 Å². The Morgan fingerprint density at radius 3 is 2.02 bits per heavy atom. The second-order valence-electron chi connectivity index (χ2n) is 15.5. The van der Waals surface area contributed by atoms with Gasteiger partial charge in [0.2, 0.25) is 0 Å². The summed E-state index contributed by atoms with van der Waals surface area (Å²) in [6.45, 7) is 27.2. The fourth-order valence-corrected chi connectivity index (χ4v) is 9.85. The summed E-state index contributed by atoms with van der Waals surface area (Å²) in [6, 6.07) is 47.7. The molecule has 0 unspecified atom stereocenters. The summed E-state index contributed by atoms with van der Waals surface area (Å²) >= 11 is 1.90. The molecule has 0 fully saturated rings. The van der Waals surface area contributed by atoms with Crippen LogP contribution in [0.15, 0.2) is 195 Å². The number of rotatable bonds is 8. The molecule has 0 amide bonds. The Balaban J connectivity index is 1.22. The SMILES string of the molecule is C=Cc1ccccc1C(=C)c1ccccccc(/C(C)=C/C=C(\CC)C(=C)/C=C2\C(=C)C(C)(C)c3c2ccc2ccc4c5ccccc5sc4c32)c2ccccc12. The number of fused-ring (bicyclic) bond motifs is 8. The number of hydrogen-bond donors (Lipinski definition) is 0. The zero-order chi connectivity index (χ0) is 39.8. The van der Waals surface area contributed by atoms with Crippen molar-refractivity contribution in [3.8, 4) is 0 Å². The maximum atomic E-state index is 4.73. The number of hydrogen-bond acceptors (Lipinski definition) is 1. The molecular formula is C56H48S. The van der Waals surface area contributed by atoms with E-state index in [1.165, 1.54) is 53.2 Å². The van der Waals surface area contributed by atoms with E-state index in [0.29, 0.717) is 0 Å². The van der Waals surface area contributed by atoms with Crippen molar-refractivity contribution in [1.82, 2.24) is 0 Å². The van der Waals surface area contributed by atoms with Crippen molar-refractivity contribution in [3.05, 3.63) is 228 Å². The Kier molecular flexibility index (Phi) is 10.1. The zero-order valence-corrected chi connectivity index (χ0v) is 34.3. The van der Waals surface area contributed by atoms with Crippen LogP contribution in [0.5, 0.6) is 0 Å². The van der Waals surface area contributed by atoms with Crippen molar-refractivity contribution in [1.29, 1.82) is 0 Å². The Labute approximate surface area is 341 Å². The first kappa shape index (κ1) is 37.6. The number of benzene rings is 5. The van der Waals surface area contributed by atoms with E-state index in [1.54, 1.807) is 0 Å². The molecule has 0 nitrogen and oxygen atoms in total. The van der Waals surface area contributed by atoms with Crippen LogP contribution >= 0.6 is 11.3 Å². The second kappa shape index (κ2) is 15.3. The smallest absolute Gasteiger partial charge is 0.0437 e. The lowest BCUT2D eigenvalue weighted by Gasteiger charge is -2.23. The summed E-state index contributed by atoms with van der Waals surface area (Å²) in [5, 5.41) is 7.57. The first-order chi connectivity index (χ1) is 27.6. The Morgan fingerprint density at radius 2 is 1.28 bits per heavy atom. The van der Waals surface area contributed by atoms with Crippen LogP contribution in [0.25, 0.3) is 64.5 Å². The van der Waals surface area contributed by atoms with Crippen LogP contribution in [0.2, 0.25) is 0 Å². The van der Waals surface area contributed by atoms with E-state index in [4.69, 9.17) is 6.58 Å². The summed E-state index contributed by atoms with van der Waals surface area (Å²) in [7, 11) is 0. The van der Waals surface area contributed by atoms with Crippen LogP contribution in [0, 0.1) is 0 Å². The molecule has 0 aliphatic heterocycles. The van der Waals surface area contributed by atoms with E-state index in [2.05, 4.69) is 193 Å². The van der Waals surface area contributed by atoms with Crippen LogP contribution in [0.4, 0.5) is 0 Å². The monoisotopic (exact) mass is 752 g/mol. The van der Waals surface area contributed by atoms with Gasteiger partial charge >= 0.3 is 0 Å². The molecule has 0 radical (unpaired) electrons. The van der Waals surface area contributed by atoms with Crippen molar-refractivity contribution in [2.45, 2.75) is 39.5 Å². The molecular weight excluding hydrogens is 705 g/mol. The van der Waals surface area contributed by atoms with Crippen molar-refractivity contribution in [3.63, 3.8) is 0 Å². The van der Waals surface area contributed by atoms with E-state index in [1.807, 2.05) is 23.5 Å². The molecule has 278 valence electrons. The van der Waals surface area contributed by atoms with Crippen molar-refractivity contribution in [2.75, 3.05) is 0 Å². The van der Waals surface area contributed by atoms with Gasteiger partial charge in [0.1, 0.15) is 0 Å². The highest BCUT2D eigenvalue weighted by molar-refractivity contribution is 7.26. The average Bonchev–Trinajstić information content (AvgIpc) is 3.70. The van der Waals surface area contributed by atoms with Gasteiger partial charge in [0.05, 0.1) is 0 Å². The molecule has 8 rings (SSSR count). The van der Waals surface area contributed by atoms with E-state index < -0.39 is 0 Å². The van der Waals surface area contributed by atoms with Crippen LogP contribution < -0.4 is 0 Å². The maximum absolute atomic E-state index is 4.73. The van der Waals surface area contributed by atoms with Gasteiger partial charge in [0.15, 0.2) is 0 Å². The van der Waals surface area contributed by atoms with Crippen LogP contribution in [0.1, 0.15) is 67.5 Å². The molecule has 1 heteroatoms. The lowest BCUT2D eigenvalue weighted by atomic mass is 9.80. The van der Waals surface area contributed by atoms with Crippen LogP contribution in [-0.4, -0.2) is 0 Å². The maximum Gasteiger partial charge on any atom is 0.0437 e. The van der Waals surface area contributed by atoms with Crippen LogP contribution in [-0.2, 0) is 5.41 Å². The van der Waals surface area contributed by atoms with E-state index >= 15 is 0 Å². The van der Waals surface area contributed by atoms with E-state index in [-0.39, 0.29) is 5.41 Å². The summed E-state index contributed by atoms with van der Waals surface area (Å²) in [4.78, 5) is 0. The minimum absolute atomic E-state index is 0.233. The van der Waals surface area contributed by atoms with Gasteiger partial charge in [0, 0.05) is 31.0 Å². The predicted octanol–water partition coefficient (Wildman–Crippen LogP) is 16.4. The van der Waals surface area contributed by atoms with Gasteiger partial charge < -0.3 is 0 Å². The highest BCUT2D eigenvalue weighted by atomic mass is 32.1. The minimum Gasteiger partial charge on any atom is -0.135 e. The molecule has 0 saturated carbocycles. The summed E-state index contributed by atoms with van der Waals surface area (Å²) in [5.74, 6) is 0. The van der Waals surface area contributed by atoms with Crippen molar-refractivity contribution >= 4 is 75.8 Å². The van der Waals surface area contributed by atoms with E-state index in [0.717, 1.165) is 61.7 Å². The zero-order valence-electron chi connectivity index (χ0n) is 33.5. The number of thiophene rings is 1. The largest absolute Gasteiger partial charge is 0.135 e. The summed E-state index contributed by atoms with van der Waals surface area (Å²) < 4.78 is 2.68. The Hall–Kier alpha value is -6.28. The molecule has 1 heterocycles. The van der Waals surface area contributed by atoms with E-state index in [9.17, 15) is 0 Å².